The molecular weight excluding hydrogens is 657 g/mol. The van der Waals surface area contributed by atoms with E-state index in [0.29, 0.717) is 49.4 Å². The van der Waals surface area contributed by atoms with E-state index in [9.17, 15) is 25.9 Å². The first-order chi connectivity index (χ1) is 23.0. The lowest BCUT2D eigenvalue weighted by Crippen LogP contribution is -2.61. The van der Waals surface area contributed by atoms with Crippen LogP contribution in [-0.2, 0) is 20.2 Å². The summed E-state index contributed by atoms with van der Waals surface area (Å²) in [5.41, 5.74) is 0. The van der Waals surface area contributed by atoms with Gasteiger partial charge in [-0.2, -0.15) is 16.8 Å². The van der Waals surface area contributed by atoms with Crippen molar-refractivity contribution in [2.45, 2.75) is 150 Å². The van der Waals surface area contributed by atoms with Gasteiger partial charge in [-0.05, 0) is 112 Å². The molecule has 9 rings (SSSR count). The summed E-state index contributed by atoms with van der Waals surface area (Å²) >= 11 is 0. The van der Waals surface area contributed by atoms with Crippen LogP contribution in [0.25, 0.3) is 0 Å². The highest BCUT2D eigenvalue weighted by Crippen LogP contribution is 2.46. The van der Waals surface area contributed by atoms with E-state index in [0.717, 1.165) is 38.5 Å². The third-order valence-corrected chi connectivity index (χ3v) is 17.2. The van der Waals surface area contributed by atoms with Gasteiger partial charge >= 0.3 is 0 Å². The molecule has 18 unspecified atom stereocenters. The fraction of sp³-hybridized carbons (Fsp3) is 1.00. The summed E-state index contributed by atoms with van der Waals surface area (Å²) in [7, 11) is -8.24. The minimum Gasteiger partial charge on any atom is -0.286 e. The van der Waals surface area contributed by atoms with E-state index in [4.69, 9.17) is 0 Å². The third kappa shape index (κ3) is 5.91. The summed E-state index contributed by atoms with van der Waals surface area (Å²) in [5, 5.41) is 30.3. The topological polar surface area (TPSA) is 205 Å². The maximum atomic E-state index is 12.4. The van der Waals surface area contributed by atoms with E-state index in [1.807, 2.05) is 0 Å². The summed E-state index contributed by atoms with van der Waals surface area (Å²) < 4.78 is 69.6. The lowest BCUT2D eigenvalue weighted by Gasteiger charge is -2.37. The zero-order chi connectivity index (χ0) is 32.9. The van der Waals surface area contributed by atoms with Crippen molar-refractivity contribution in [3.63, 3.8) is 0 Å². The third-order valence-electron chi connectivity index (χ3n) is 14.7. The molecule has 0 spiro atoms. The summed E-state index contributed by atoms with van der Waals surface area (Å²) in [6.07, 6.45) is 12.8. The Bertz CT molecular complexity index is 1340. The summed E-state index contributed by atoms with van der Waals surface area (Å²) in [5.74, 6) is 2.37. The first kappa shape index (κ1) is 33.3. The van der Waals surface area contributed by atoms with Crippen LogP contribution in [0, 0.1) is 47.3 Å². The first-order valence-corrected chi connectivity index (χ1v) is 22.0. The van der Waals surface area contributed by atoms with Gasteiger partial charge in [0.15, 0.2) is 0 Å². The Balaban J connectivity index is 1.06. The molecule has 5 heterocycles. The molecular formula is C32H56N8O6S2. The number of rotatable bonds is 2. The van der Waals surface area contributed by atoms with Crippen LogP contribution < -0.4 is 42.5 Å². The Morgan fingerprint density at radius 3 is 0.812 bits per heavy atom. The van der Waals surface area contributed by atoms with Crippen molar-refractivity contribution in [3.8, 4) is 0 Å². The lowest BCUT2D eigenvalue weighted by molar-refractivity contribution is 0.167. The highest BCUT2D eigenvalue weighted by atomic mass is 32.2. The van der Waals surface area contributed by atoms with Crippen molar-refractivity contribution in [1.82, 2.24) is 42.5 Å². The molecule has 9 fully saturated rings. The standard InChI is InChI=1S/C32H56N8O6S2/c41-47(42,43)15-9-11-21-23(13-15)31-37-27-19-7-3-4-8-20(19)28(34-27)38-32-24-14-16(48(44,45)46)10-12-22(24)30(40-32)36-26-18-6-2-1-5-17(18)25(33-26)35-29(21)39-31/h15-40H,1-14H2,(H,41,42,43)(H,44,45,46). The highest BCUT2D eigenvalue weighted by Gasteiger charge is 2.56. The van der Waals surface area contributed by atoms with Crippen LogP contribution in [0.1, 0.15) is 89.9 Å². The van der Waals surface area contributed by atoms with Gasteiger partial charge in [-0.1, -0.05) is 25.7 Å². The van der Waals surface area contributed by atoms with Crippen molar-refractivity contribution >= 4 is 20.2 Å². The highest BCUT2D eigenvalue weighted by molar-refractivity contribution is 7.86. The average Bonchev–Trinajstić information content (AvgIpc) is 3.79. The molecule has 16 heteroatoms. The van der Waals surface area contributed by atoms with Gasteiger partial charge in [0.05, 0.1) is 59.8 Å². The van der Waals surface area contributed by atoms with Gasteiger partial charge < -0.3 is 0 Å². The van der Waals surface area contributed by atoms with Crippen LogP contribution in [-0.4, -0.2) is 85.8 Å². The molecule has 4 aliphatic carbocycles. The number of fused-ring (bicyclic) bond motifs is 20. The maximum Gasteiger partial charge on any atom is 0.267 e. The Kier molecular flexibility index (Phi) is 8.73. The zero-order valence-corrected chi connectivity index (χ0v) is 29.3. The van der Waals surface area contributed by atoms with E-state index in [1.165, 1.54) is 25.7 Å². The van der Waals surface area contributed by atoms with Gasteiger partial charge in [-0.3, -0.25) is 51.6 Å². The van der Waals surface area contributed by atoms with Crippen LogP contribution in [0.5, 0.6) is 0 Å². The van der Waals surface area contributed by atoms with Gasteiger partial charge in [-0.15, -0.1) is 0 Å². The summed E-state index contributed by atoms with van der Waals surface area (Å²) in [6, 6.07) is 0. The monoisotopic (exact) mass is 712 g/mol. The second-order valence-corrected chi connectivity index (χ2v) is 20.3. The van der Waals surface area contributed by atoms with Gasteiger partial charge in [0.1, 0.15) is 0 Å². The van der Waals surface area contributed by atoms with Crippen LogP contribution in [0.2, 0.25) is 0 Å². The van der Waals surface area contributed by atoms with Crippen LogP contribution >= 0.6 is 0 Å². The maximum absolute atomic E-state index is 12.4. The van der Waals surface area contributed by atoms with Crippen molar-refractivity contribution in [1.29, 1.82) is 0 Å². The van der Waals surface area contributed by atoms with E-state index < -0.39 is 30.7 Å². The molecule has 4 saturated carbocycles. The van der Waals surface area contributed by atoms with E-state index in [1.54, 1.807) is 0 Å². The normalized spacial score (nSPS) is 53.8. The zero-order valence-electron chi connectivity index (χ0n) is 27.6. The molecule has 0 aromatic rings. The molecule has 8 bridgehead atoms. The van der Waals surface area contributed by atoms with Gasteiger partial charge in [0.25, 0.3) is 20.2 Å². The van der Waals surface area contributed by atoms with Crippen LogP contribution in [0.15, 0.2) is 0 Å². The average molecular weight is 713 g/mol. The Hall–Kier alpha value is -0.500. The van der Waals surface area contributed by atoms with E-state index in [-0.39, 0.29) is 73.0 Å². The summed E-state index contributed by atoms with van der Waals surface area (Å²) in [6.45, 7) is 0. The second-order valence-electron chi connectivity index (χ2n) is 16.9. The van der Waals surface area contributed by atoms with Crippen molar-refractivity contribution < 1.29 is 25.9 Å². The molecule has 18 atom stereocenters. The predicted molar refractivity (Wildman–Crippen MR) is 179 cm³/mol. The minimum atomic E-state index is -4.12. The van der Waals surface area contributed by atoms with Gasteiger partial charge in [0, 0.05) is 0 Å². The van der Waals surface area contributed by atoms with Crippen molar-refractivity contribution in [2.24, 2.45) is 47.3 Å². The molecule has 10 N–H and O–H groups in total. The molecule has 14 nitrogen and oxygen atoms in total. The Morgan fingerprint density at radius 2 is 0.562 bits per heavy atom. The largest absolute Gasteiger partial charge is 0.286 e. The Labute approximate surface area is 285 Å². The van der Waals surface area contributed by atoms with Crippen LogP contribution in [0.4, 0.5) is 0 Å². The SMILES string of the molecule is O=S(=O)(O)C1CCC2C3NC4NC(NC5NC(NC6NC(NC(N3)C2C1)C1CCCCC61)C1CC(S(=O)(=O)O)CCC51)C1CCCCC41. The molecule has 0 aromatic carbocycles. The molecule has 272 valence electrons. The molecule has 48 heavy (non-hydrogen) atoms. The van der Waals surface area contributed by atoms with Gasteiger partial charge in [0.2, 0.25) is 0 Å². The minimum absolute atomic E-state index is 0.0214. The molecule has 9 aliphatic rings. The summed E-state index contributed by atoms with van der Waals surface area (Å²) in [4.78, 5) is 0. The first-order valence-electron chi connectivity index (χ1n) is 19.0. The molecule has 0 radical (unpaired) electrons. The lowest BCUT2D eigenvalue weighted by atomic mass is 9.76. The molecule has 0 aromatic heterocycles. The van der Waals surface area contributed by atoms with E-state index in [2.05, 4.69) is 42.5 Å². The van der Waals surface area contributed by atoms with Crippen molar-refractivity contribution in [2.75, 3.05) is 0 Å². The quantitative estimate of drug-likeness (QED) is 0.176. The number of hydrogen-bond donors (Lipinski definition) is 10. The molecule has 5 saturated heterocycles. The fourth-order valence-corrected chi connectivity index (χ4v) is 14.3. The van der Waals surface area contributed by atoms with Crippen molar-refractivity contribution in [3.05, 3.63) is 0 Å². The Morgan fingerprint density at radius 1 is 0.333 bits per heavy atom. The van der Waals surface area contributed by atoms with E-state index >= 15 is 0 Å². The predicted octanol–water partition coefficient (Wildman–Crippen LogP) is 0.338. The fourth-order valence-electron chi connectivity index (χ4n) is 12.5. The number of hydrogen-bond acceptors (Lipinski definition) is 12. The molecule has 5 aliphatic heterocycles. The van der Waals surface area contributed by atoms with Crippen LogP contribution in [0.3, 0.4) is 0 Å². The molecule has 0 amide bonds. The second kappa shape index (κ2) is 12.6. The smallest absolute Gasteiger partial charge is 0.267 e. The number of nitrogens with one attached hydrogen (secondary N) is 8. The van der Waals surface area contributed by atoms with Gasteiger partial charge in [-0.25, -0.2) is 0 Å².